The quantitative estimate of drug-likeness (QED) is 0.616. The number of carbonyl (C=O) groups excluding carboxylic acids is 1. The van der Waals surface area contributed by atoms with E-state index in [1.54, 1.807) is 0 Å². The van der Waals surface area contributed by atoms with E-state index in [-0.39, 0.29) is 11.3 Å². The van der Waals surface area contributed by atoms with Crippen molar-refractivity contribution >= 4 is 5.91 Å². The molecular weight excluding hydrogens is 312 g/mol. The first-order valence-corrected chi connectivity index (χ1v) is 9.50. The number of rotatable bonds is 11. The highest BCUT2D eigenvalue weighted by atomic mass is 16.5. The minimum atomic E-state index is -0.367. The fourth-order valence-electron chi connectivity index (χ4n) is 2.78. The molecule has 4 nitrogen and oxygen atoms in total. The molecule has 0 fully saturated rings. The summed E-state index contributed by atoms with van der Waals surface area (Å²) in [4.78, 5) is 14.7. The van der Waals surface area contributed by atoms with Gasteiger partial charge < -0.3 is 15.0 Å². The molecule has 0 atom stereocenters. The van der Waals surface area contributed by atoms with Crippen molar-refractivity contribution in [3.63, 3.8) is 0 Å². The van der Waals surface area contributed by atoms with Gasteiger partial charge in [0, 0.05) is 18.5 Å². The molecule has 1 aromatic carbocycles. The molecule has 0 spiro atoms. The van der Waals surface area contributed by atoms with Crippen molar-refractivity contribution in [2.45, 2.75) is 54.4 Å². The highest BCUT2D eigenvalue weighted by Gasteiger charge is 2.26. The van der Waals surface area contributed by atoms with Crippen LogP contribution in [0, 0.1) is 19.3 Å². The SMILES string of the molecule is CCN(CC)CCNC(=O)C(C)(C)CCCOc1cc(C)ccc1C. The van der Waals surface area contributed by atoms with Gasteiger partial charge in [0.2, 0.25) is 5.91 Å². The summed E-state index contributed by atoms with van der Waals surface area (Å²) in [6.07, 6.45) is 1.68. The maximum absolute atomic E-state index is 12.4. The van der Waals surface area contributed by atoms with Gasteiger partial charge in [-0.15, -0.1) is 0 Å². The minimum Gasteiger partial charge on any atom is -0.493 e. The van der Waals surface area contributed by atoms with Crippen molar-refractivity contribution in [1.82, 2.24) is 10.2 Å². The third kappa shape index (κ3) is 7.47. The number of carbonyl (C=O) groups is 1. The van der Waals surface area contributed by atoms with Gasteiger partial charge in [-0.3, -0.25) is 4.79 Å². The van der Waals surface area contributed by atoms with E-state index in [9.17, 15) is 4.79 Å². The normalized spacial score (nSPS) is 11.6. The molecule has 4 heteroatoms. The molecule has 0 aliphatic heterocycles. The zero-order chi connectivity index (χ0) is 18.9. The van der Waals surface area contributed by atoms with Crippen LogP contribution in [0.1, 0.15) is 51.7 Å². The van der Waals surface area contributed by atoms with Gasteiger partial charge in [0.15, 0.2) is 0 Å². The minimum absolute atomic E-state index is 0.131. The molecule has 0 unspecified atom stereocenters. The molecule has 0 bridgehead atoms. The van der Waals surface area contributed by atoms with E-state index in [0.717, 1.165) is 43.8 Å². The molecule has 0 heterocycles. The zero-order valence-electron chi connectivity index (χ0n) is 16.9. The Bertz CT molecular complexity index is 537. The van der Waals surface area contributed by atoms with Crippen molar-refractivity contribution in [2.24, 2.45) is 5.41 Å². The predicted octanol–water partition coefficient (Wildman–Crippen LogP) is 3.95. The molecule has 0 aliphatic carbocycles. The Morgan fingerprint density at radius 3 is 2.52 bits per heavy atom. The van der Waals surface area contributed by atoms with E-state index in [1.807, 2.05) is 13.8 Å². The third-order valence-electron chi connectivity index (χ3n) is 4.77. The Hall–Kier alpha value is -1.55. The van der Waals surface area contributed by atoms with Crippen LogP contribution >= 0.6 is 0 Å². The summed E-state index contributed by atoms with van der Waals surface area (Å²) >= 11 is 0. The molecule has 1 amide bonds. The first kappa shape index (κ1) is 21.5. The molecule has 1 N–H and O–H groups in total. The highest BCUT2D eigenvalue weighted by molar-refractivity contribution is 5.81. The number of likely N-dealkylation sites (N-methyl/N-ethyl adjacent to an activating group) is 1. The van der Waals surface area contributed by atoms with Gasteiger partial charge in [-0.25, -0.2) is 0 Å². The Balaban J connectivity index is 2.34. The van der Waals surface area contributed by atoms with Gasteiger partial charge in [0.05, 0.1) is 6.61 Å². The van der Waals surface area contributed by atoms with Crippen LogP contribution in [-0.4, -0.2) is 43.6 Å². The fraction of sp³-hybridized carbons (Fsp3) is 0.667. The van der Waals surface area contributed by atoms with Crippen LogP contribution in [-0.2, 0) is 4.79 Å². The number of hydrogen-bond acceptors (Lipinski definition) is 3. The molecule has 0 radical (unpaired) electrons. The monoisotopic (exact) mass is 348 g/mol. The summed E-state index contributed by atoms with van der Waals surface area (Å²) in [5.74, 6) is 1.08. The van der Waals surface area contributed by atoms with Crippen molar-refractivity contribution in [2.75, 3.05) is 32.8 Å². The maximum Gasteiger partial charge on any atom is 0.225 e. The standard InChI is InChI=1S/C21H36N2O2/c1-7-23(8-2)14-13-22-20(24)21(5,6)12-9-15-25-19-16-17(3)10-11-18(19)4/h10-11,16H,7-9,12-15H2,1-6H3,(H,22,24). The van der Waals surface area contributed by atoms with E-state index >= 15 is 0 Å². The van der Waals surface area contributed by atoms with Crippen molar-refractivity contribution in [3.05, 3.63) is 29.3 Å². The maximum atomic E-state index is 12.4. The lowest BCUT2D eigenvalue weighted by molar-refractivity contribution is -0.129. The number of aryl methyl sites for hydroxylation is 2. The van der Waals surface area contributed by atoms with Crippen LogP contribution in [0.5, 0.6) is 5.75 Å². The molecule has 1 aromatic rings. The molecular formula is C21H36N2O2. The zero-order valence-corrected chi connectivity index (χ0v) is 16.9. The van der Waals surface area contributed by atoms with Crippen LogP contribution in [0.3, 0.4) is 0 Å². The van der Waals surface area contributed by atoms with Crippen molar-refractivity contribution in [1.29, 1.82) is 0 Å². The summed E-state index contributed by atoms with van der Waals surface area (Å²) in [5.41, 5.74) is 1.99. The van der Waals surface area contributed by atoms with E-state index in [1.165, 1.54) is 5.56 Å². The number of nitrogens with one attached hydrogen (secondary N) is 1. The lowest BCUT2D eigenvalue weighted by atomic mass is 9.87. The Morgan fingerprint density at radius 2 is 1.88 bits per heavy atom. The Morgan fingerprint density at radius 1 is 1.20 bits per heavy atom. The van der Waals surface area contributed by atoms with Gasteiger partial charge in [-0.1, -0.05) is 39.8 Å². The average molecular weight is 349 g/mol. The van der Waals surface area contributed by atoms with Crippen molar-refractivity contribution in [3.8, 4) is 5.75 Å². The van der Waals surface area contributed by atoms with Crippen molar-refractivity contribution < 1.29 is 9.53 Å². The number of nitrogens with zero attached hydrogens (tertiary/aromatic N) is 1. The van der Waals surface area contributed by atoms with Gasteiger partial charge >= 0.3 is 0 Å². The Kier molecular flexibility index (Phi) is 8.98. The first-order chi connectivity index (χ1) is 11.8. The van der Waals surface area contributed by atoms with Gasteiger partial charge in [0.1, 0.15) is 5.75 Å². The van der Waals surface area contributed by atoms with Gasteiger partial charge in [-0.2, -0.15) is 0 Å². The summed E-state index contributed by atoms with van der Waals surface area (Å²) in [5, 5.41) is 3.08. The Labute approximate surface area is 153 Å². The average Bonchev–Trinajstić information content (AvgIpc) is 2.58. The predicted molar refractivity (Wildman–Crippen MR) is 105 cm³/mol. The lowest BCUT2D eigenvalue weighted by Gasteiger charge is -2.25. The fourth-order valence-corrected chi connectivity index (χ4v) is 2.78. The van der Waals surface area contributed by atoms with Crippen LogP contribution in [0.25, 0.3) is 0 Å². The van der Waals surface area contributed by atoms with Crippen LogP contribution in [0.4, 0.5) is 0 Å². The summed E-state index contributed by atoms with van der Waals surface area (Å²) in [6, 6.07) is 6.24. The number of benzene rings is 1. The smallest absolute Gasteiger partial charge is 0.225 e. The molecule has 0 aliphatic rings. The molecule has 1 rings (SSSR count). The van der Waals surface area contributed by atoms with Gasteiger partial charge in [-0.05, 0) is 57.0 Å². The largest absolute Gasteiger partial charge is 0.493 e. The number of amides is 1. The second-order valence-corrected chi connectivity index (χ2v) is 7.39. The van der Waals surface area contributed by atoms with Crippen LogP contribution in [0.15, 0.2) is 18.2 Å². The van der Waals surface area contributed by atoms with E-state index < -0.39 is 0 Å². The number of hydrogen-bond donors (Lipinski definition) is 1. The first-order valence-electron chi connectivity index (χ1n) is 9.50. The highest BCUT2D eigenvalue weighted by Crippen LogP contribution is 2.24. The number of ether oxygens (including phenoxy) is 1. The topological polar surface area (TPSA) is 41.6 Å². The summed E-state index contributed by atoms with van der Waals surface area (Å²) in [6.45, 7) is 16.7. The lowest BCUT2D eigenvalue weighted by Crippen LogP contribution is -2.41. The van der Waals surface area contributed by atoms with Crippen LogP contribution < -0.4 is 10.1 Å². The van der Waals surface area contributed by atoms with E-state index in [0.29, 0.717) is 13.2 Å². The second kappa shape index (κ2) is 10.4. The molecule has 0 saturated carbocycles. The van der Waals surface area contributed by atoms with Gasteiger partial charge in [0.25, 0.3) is 0 Å². The molecule has 142 valence electrons. The van der Waals surface area contributed by atoms with E-state index in [4.69, 9.17) is 4.74 Å². The molecule has 0 saturated heterocycles. The second-order valence-electron chi connectivity index (χ2n) is 7.39. The third-order valence-corrected chi connectivity index (χ3v) is 4.77. The van der Waals surface area contributed by atoms with E-state index in [2.05, 4.69) is 56.1 Å². The summed E-state index contributed by atoms with van der Waals surface area (Å²) < 4.78 is 5.90. The molecule has 25 heavy (non-hydrogen) atoms. The molecule has 0 aromatic heterocycles. The van der Waals surface area contributed by atoms with Crippen LogP contribution in [0.2, 0.25) is 0 Å². The summed E-state index contributed by atoms with van der Waals surface area (Å²) in [7, 11) is 0.